The number of hydrogen-bond acceptors (Lipinski definition) is 7. The van der Waals surface area contributed by atoms with E-state index in [4.69, 9.17) is 5.11 Å². The number of aliphatic carboxylic acids is 1. The SMILES string of the molecule is CC(=O)CC(=O)O.O=C1C=C(N2CC2)C(=O)C(N2CC2)=C1N1CC1. The summed E-state index contributed by atoms with van der Waals surface area (Å²) < 4.78 is 0. The second-order valence-corrected chi connectivity index (χ2v) is 6.15. The van der Waals surface area contributed by atoms with E-state index in [-0.39, 0.29) is 23.8 Å². The maximum absolute atomic E-state index is 12.4. The highest BCUT2D eigenvalue weighted by Crippen LogP contribution is 2.33. The largest absolute Gasteiger partial charge is 0.481 e. The molecule has 0 radical (unpaired) electrons. The van der Waals surface area contributed by atoms with Crippen LogP contribution in [-0.2, 0) is 19.2 Å². The minimum absolute atomic E-state index is 0.00546. The number of rotatable bonds is 5. The molecule has 0 aromatic heterocycles. The molecule has 0 saturated carbocycles. The molecule has 8 heteroatoms. The third-order valence-electron chi connectivity index (χ3n) is 3.89. The number of Topliss-reactive ketones (excluding diaryl/α,β-unsaturated/α-hetero) is 2. The van der Waals surface area contributed by atoms with Crippen molar-refractivity contribution in [2.24, 2.45) is 0 Å². The molecule has 24 heavy (non-hydrogen) atoms. The average Bonchev–Trinajstić information content (AvgIpc) is 3.36. The number of nitrogens with zero attached hydrogens (tertiary/aromatic N) is 3. The van der Waals surface area contributed by atoms with Crippen molar-refractivity contribution in [1.82, 2.24) is 14.7 Å². The van der Waals surface area contributed by atoms with Crippen LogP contribution in [0.2, 0.25) is 0 Å². The summed E-state index contributed by atoms with van der Waals surface area (Å²) in [5, 5.41) is 7.86. The van der Waals surface area contributed by atoms with Crippen molar-refractivity contribution in [2.75, 3.05) is 39.3 Å². The molecule has 0 bridgehead atoms. The lowest BCUT2D eigenvalue weighted by molar-refractivity contribution is -0.139. The van der Waals surface area contributed by atoms with Gasteiger partial charge in [0.05, 0.1) is 5.70 Å². The Morgan fingerprint density at radius 3 is 1.83 bits per heavy atom. The molecule has 0 aromatic rings. The molecule has 0 amide bonds. The Morgan fingerprint density at radius 2 is 1.46 bits per heavy atom. The Balaban J connectivity index is 0.000000209. The first-order chi connectivity index (χ1) is 11.4. The lowest BCUT2D eigenvalue weighted by Crippen LogP contribution is -2.29. The summed E-state index contributed by atoms with van der Waals surface area (Å²) in [7, 11) is 0. The van der Waals surface area contributed by atoms with Gasteiger partial charge in [-0.1, -0.05) is 0 Å². The van der Waals surface area contributed by atoms with Gasteiger partial charge in [0.15, 0.2) is 0 Å². The van der Waals surface area contributed by atoms with Gasteiger partial charge < -0.3 is 19.8 Å². The quantitative estimate of drug-likeness (QED) is 0.398. The third-order valence-corrected chi connectivity index (χ3v) is 3.89. The number of carbonyl (C=O) groups is 4. The van der Waals surface area contributed by atoms with Gasteiger partial charge in [-0.15, -0.1) is 0 Å². The Labute approximate surface area is 139 Å². The Kier molecular flexibility index (Phi) is 4.13. The zero-order chi connectivity index (χ0) is 17.4. The Morgan fingerprint density at radius 1 is 0.958 bits per heavy atom. The van der Waals surface area contributed by atoms with Crippen molar-refractivity contribution >= 4 is 23.3 Å². The van der Waals surface area contributed by atoms with Crippen molar-refractivity contribution in [3.05, 3.63) is 23.2 Å². The van der Waals surface area contributed by atoms with Crippen LogP contribution in [0.5, 0.6) is 0 Å². The second kappa shape index (κ2) is 6.10. The molecule has 0 aromatic carbocycles. The van der Waals surface area contributed by atoms with Crippen molar-refractivity contribution in [2.45, 2.75) is 13.3 Å². The van der Waals surface area contributed by atoms with Crippen molar-refractivity contribution in [3.8, 4) is 0 Å². The molecular formula is C16H19N3O5. The molecule has 128 valence electrons. The van der Waals surface area contributed by atoms with E-state index in [0.717, 1.165) is 39.3 Å². The van der Waals surface area contributed by atoms with Crippen LogP contribution >= 0.6 is 0 Å². The van der Waals surface area contributed by atoms with Crippen LogP contribution in [0.1, 0.15) is 13.3 Å². The summed E-state index contributed by atoms with van der Waals surface area (Å²) in [4.78, 5) is 49.9. The lowest BCUT2D eigenvalue weighted by atomic mass is 10.0. The third kappa shape index (κ3) is 3.64. The van der Waals surface area contributed by atoms with Crippen LogP contribution in [0.25, 0.3) is 0 Å². The molecular weight excluding hydrogens is 314 g/mol. The van der Waals surface area contributed by atoms with Crippen molar-refractivity contribution < 1.29 is 24.3 Å². The van der Waals surface area contributed by atoms with E-state index in [1.807, 2.05) is 14.7 Å². The summed E-state index contributed by atoms with van der Waals surface area (Å²) in [6, 6.07) is 0. The summed E-state index contributed by atoms with van der Waals surface area (Å²) >= 11 is 0. The minimum Gasteiger partial charge on any atom is -0.481 e. The van der Waals surface area contributed by atoms with E-state index in [1.54, 1.807) is 0 Å². The number of allylic oxidation sites excluding steroid dienone is 1. The molecule has 0 atom stereocenters. The number of carboxylic acid groups (broad SMARTS) is 1. The van der Waals surface area contributed by atoms with E-state index < -0.39 is 5.97 Å². The van der Waals surface area contributed by atoms with Crippen LogP contribution in [-0.4, -0.2) is 82.4 Å². The molecule has 0 spiro atoms. The number of carbonyl (C=O) groups excluding carboxylic acids is 3. The molecule has 8 nitrogen and oxygen atoms in total. The van der Waals surface area contributed by atoms with Crippen LogP contribution in [0.15, 0.2) is 23.2 Å². The van der Waals surface area contributed by atoms with Crippen LogP contribution in [0, 0.1) is 0 Å². The van der Waals surface area contributed by atoms with Gasteiger partial charge in [-0.3, -0.25) is 19.2 Å². The lowest BCUT2D eigenvalue weighted by Gasteiger charge is -2.21. The Hall–Kier alpha value is -2.64. The van der Waals surface area contributed by atoms with Crippen molar-refractivity contribution in [3.63, 3.8) is 0 Å². The van der Waals surface area contributed by atoms with Crippen LogP contribution in [0.3, 0.4) is 0 Å². The highest BCUT2D eigenvalue weighted by Gasteiger charge is 2.43. The first-order valence-corrected chi connectivity index (χ1v) is 7.89. The summed E-state index contributed by atoms with van der Waals surface area (Å²) in [6.07, 6.45) is 1.16. The number of hydrogen-bond donors (Lipinski definition) is 1. The Bertz CT molecular complexity index is 670. The predicted octanol–water partition coefficient (Wildman–Crippen LogP) is -0.769. The molecule has 1 N–H and O–H groups in total. The van der Waals surface area contributed by atoms with Gasteiger partial charge >= 0.3 is 5.97 Å². The standard InChI is InChI=1S/C12H13N3O2.C4H6O3/c16-9-7-8(13-1-2-13)12(17)11(15-5-6-15)10(9)14-3-4-14;1-3(5)2-4(6)7/h7H,1-6H2;2H2,1H3,(H,6,7). The average molecular weight is 333 g/mol. The maximum atomic E-state index is 12.4. The van der Waals surface area contributed by atoms with Gasteiger partial charge in [-0.25, -0.2) is 0 Å². The monoisotopic (exact) mass is 333 g/mol. The smallest absolute Gasteiger partial charge is 0.310 e. The van der Waals surface area contributed by atoms with Crippen LogP contribution in [0.4, 0.5) is 0 Å². The molecule has 4 rings (SSSR count). The van der Waals surface area contributed by atoms with E-state index in [9.17, 15) is 19.2 Å². The first kappa shape index (κ1) is 16.2. The van der Waals surface area contributed by atoms with Gasteiger partial charge in [-0.05, 0) is 6.92 Å². The van der Waals surface area contributed by atoms with Crippen molar-refractivity contribution in [1.29, 1.82) is 0 Å². The normalized spacial score (nSPS) is 21.2. The van der Waals surface area contributed by atoms with E-state index in [0.29, 0.717) is 17.1 Å². The number of ketones is 3. The zero-order valence-corrected chi connectivity index (χ0v) is 13.4. The van der Waals surface area contributed by atoms with Gasteiger partial charge in [0.1, 0.15) is 23.6 Å². The maximum Gasteiger partial charge on any atom is 0.310 e. The number of carboxylic acids is 1. The molecule has 3 aliphatic heterocycles. The van der Waals surface area contributed by atoms with E-state index in [1.165, 1.54) is 13.0 Å². The summed E-state index contributed by atoms with van der Waals surface area (Å²) in [5.41, 5.74) is 1.89. The topological polar surface area (TPSA) is 97.5 Å². The van der Waals surface area contributed by atoms with Gasteiger partial charge in [-0.2, -0.15) is 0 Å². The first-order valence-electron chi connectivity index (χ1n) is 7.89. The van der Waals surface area contributed by atoms with E-state index >= 15 is 0 Å². The summed E-state index contributed by atoms with van der Waals surface area (Å²) in [6.45, 7) is 6.65. The van der Waals surface area contributed by atoms with E-state index in [2.05, 4.69) is 0 Å². The summed E-state index contributed by atoms with van der Waals surface area (Å²) in [5.74, 6) is -1.33. The molecule has 0 unspecified atom stereocenters. The fraction of sp³-hybridized carbons (Fsp3) is 0.500. The molecule has 1 aliphatic carbocycles. The highest BCUT2D eigenvalue weighted by atomic mass is 16.4. The molecule has 3 saturated heterocycles. The zero-order valence-electron chi connectivity index (χ0n) is 13.4. The van der Waals surface area contributed by atoms with Crippen LogP contribution < -0.4 is 0 Å². The fourth-order valence-electron chi connectivity index (χ4n) is 2.49. The predicted molar refractivity (Wildman–Crippen MR) is 82.8 cm³/mol. The van der Waals surface area contributed by atoms with Gasteiger partial charge in [0.25, 0.3) is 0 Å². The second-order valence-electron chi connectivity index (χ2n) is 6.15. The minimum atomic E-state index is -1.06. The van der Waals surface area contributed by atoms with Gasteiger partial charge in [0, 0.05) is 45.3 Å². The highest BCUT2D eigenvalue weighted by molar-refractivity contribution is 6.22. The molecule has 4 aliphatic rings. The molecule has 3 heterocycles. The van der Waals surface area contributed by atoms with Gasteiger partial charge in [0.2, 0.25) is 11.6 Å². The molecule has 3 fully saturated rings. The fourth-order valence-corrected chi connectivity index (χ4v) is 2.49.